The molecule has 12 heavy (non-hydrogen) atoms. The van der Waals surface area contributed by atoms with Gasteiger partial charge in [-0.1, -0.05) is 26.0 Å². The summed E-state index contributed by atoms with van der Waals surface area (Å²) in [7, 11) is 0. The van der Waals surface area contributed by atoms with Crippen LogP contribution in [0.2, 0.25) is 0 Å². The van der Waals surface area contributed by atoms with Crippen molar-refractivity contribution in [3.05, 3.63) is 12.2 Å². The predicted octanol–water partition coefficient (Wildman–Crippen LogP) is 1.26. The molecule has 0 aromatic carbocycles. The van der Waals surface area contributed by atoms with Crippen molar-refractivity contribution in [1.29, 1.82) is 0 Å². The number of carboxylic acid groups (broad SMARTS) is 1. The minimum Gasteiger partial charge on any atom is -0.480 e. The number of aliphatic carboxylic acids is 1. The maximum atomic E-state index is 10.7. The molecule has 0 rings (SSSR count). The maximum Gasteiger partial charge on any atom is 0.320 e. The van der Waals surface area contributed by atoms with Crippen LogP contribution in [0.4, 0.5) is 0 Å². The average molecular weight is 171 g/mol. The second-order valence-corrected chi connectivity index (χ2v) is 3.40. The Morgan fingerprint density at radius 3 is 2.33 bits per heavy atom. The molecule has 0 saturated carbocycles. The van der Waals surface area contributed by atoms with Crippen molar-refractivity contribution in [2.45, 2.75) is 26.8 Å². The average Bonchev–Trinajstić information content (AvgIpc) is 1.84. The number of carboxylic acids is 1. The fourth-order valence-electron chi connectivity index (χ4n) is 0.892. The molecule has 2 N–H and O–H groups in total. The van der Waals surface area contributed by atoms with Gasteiger partial charge in [-0.05, 0) is 12.8 Å². The van der Waals surface area contributed by atoms with Gasteiger partial charge in [-0.15, -0.1) is 0 Å². The number of carbonyl (C=O) groups is 1. The van der Waals surface area contributed by atoms with Crippen LogP contribution in [0.3, 0.4) is 0 Å². The molecule has 0 aromatic rings. The topological polar surface area (TPSA) is 49.3 Å². The van der Waals surface area contributed by atoms with Gasteiger partial charge in [-0.2, -0.15) is 0 Å². The van der Waals surface area contributed by atoms with Crippen molar-refractivity contribution in [2.75, 3.05) is 6.54 Å². The van der Waals surface area contributed by atoms with Crippen molar-refractivity contribution in [1.82, 2.24) is 5.32 Å². The fraction of sp³-hybridized carbons (Fsp3) is 0.667. The van der Waals surface area contributed by atoms with Gasteiger partial charge in [0.05, 0.1) is 0 Å². The van der Waals surface area contributed by atoms with Crippen molar-refractivity contribution in [3.63, 3.8) is 0 Å². The molecule has 1 atom stereocenters. The Hall–Kier alpha value is -0.830. The van der Waals surface area contributed by atoms with Crippen molar-refractivity contribution in [3.8, 4) is 0 Å². The molecule has 0 aliphatic rings. The summed E-state index contributed by atoms with van der Waals surface area (Å²) < 4.78 is 0. The number of nitrogens with one attached hydrogen (secondary N) is 1. The first-order valence-corrected chi connectivity index (χ1v) is 4.05. The van der Waals surface area contributed by atoms with Gasteiger partial charge in [0.15, 0.2) is 0 Å². The van der Waals surface area contributed by atoms with Gasteiger partial charge in [-0.3, -0.25) is 4.79 Å². The summed E-state index contributed by atoms with van der Waals surface area (Å²) >= 11 is 0. The standard InChI is InChI=1S/C9H17NO2/c1-6(2)5-10-8(7(3)4)9(11)12/h7-8,10H,1,5H2,2-4H3,(H,11,12)/t8-/m0/s1. The molecule has 3 heteroatoms. The summed E-state index contributed by atoms with van der Waals surface area (Å²) in [4.78, 5) is 10.7. The third-order valence-corrected chi connectivity index (χ3v) is 1.56. The quantitative estimate of drug-likeness (QED) is 0.612. The summed E-state index contributed by atoms with van der Waals surface area (Å²) in [6.07, 6.45) is 0. The van der Waals surface area contributed by atoms with Crippen LogP contribution in [0.15, 0.2) is 12.2 Å². The molecule has 0 spiro atoms. The fourth-order valence-corrected chi connectivity index (χ4v) is 0.892. The highest BCUT2D eigenvalue weighted by Crippen LogP contribution is 2.01. The molecule has 0 heterocycles. The van der Waals surface area contributed by atoms with E-state index in [2.05, 4.69) is 11.9 Å². The first kappa shape index (κ1) is 11.2. The highest BCUT2D eigenvalue weighted by atomic mass is 16.4. The monoisotopic (exact) mass is 171 g/mol. The molecule has 3 nitrogen and oxygen atoms in total. The van der Waals surface area contributed by atoms with Crippen LogP contribution in [0.25, 0.3) is 0 Å². The van der Waals surface area contributed by atoms with E-state index >= 15 is 0 Å². The van der Waals surface area contributed by atoms with Gasteiger partial charge in [0, 0.05) is 6.54 Å². The Morgan fingerprint density at radius 2 is 2.08 bits per heavy atom. The first-order chi connectivity index (χ1) is 5.45. The Balaban J connectivity index is 3.97. The normalized spacial score (nSPS) is 13.0. The summed E-state index contributed by atoms with van der Waals surface area (Å²) in [5, 5.41) is 11.7. The van der Waals surface area contributed by atoms with E-state index in [1.54, 1.807) is 0 Å². The molecule has 70 valence electrons. The Morgan fingerprint density at radius 1 is 1.58 bits per heavy atom. The van der Waals surface area contributed by atoms with Gasteiger partial charge in [0.1, 0.15) is 6.04 Å². The summed E-state index contributed by atoms with van der Waals surface area (Å²) in [6.45, 7) is 9.88. The lowest BCUT2D eigenvalue weighted by Crippen LogP contribution is -2.41. The van der Waals surface area contributed by atoms with Crippen LogP contribution in [-0.4, -0.2) is 23.7 Å². The van der Waals surface area contributed by atoms with Gasteiger partial charge in [0.2, 0.25) is 0 Å². The van der Waals surface area contributed by atoms with Crippen molar-refractivity contribution >= 4 is 5.97 Å². The molecule has 0 aromatic heterocycles. The van der Waals surface area contributed by atoms with E-state index in [9.17, 15) is 4.79 Å². The van der Waals surface area contributed by atoms with E-state index in [0.717, 1.165) is 5.57 Å². The van der Waals surface area contributed by atoms with E-state index in [4.69, 9.17) is 5.11 Å². The Kier molecular flexibility index (Phi) is 4.59. The van der Waals surface area contributed by atoms with E-state index in [1.807, 2.05) is 20.8 Å². The molecule has 0 saturated heterocycles. The largest absolute Gasteiger partial charge is 0.480 e. The van der Waals surface area contributed by atoms with Crippen LogP contribution in [0, 0.1) is 5.92 Å². The molecule has 0 aliphatic carbocycles. The summed E-state index contributed by atoms with van der Waals surface area (Å²) in [6, 6.07) is -0.471. The molecule has 0 radical (unpaired) electrons. The van der Waals surface area contributed by atoms with Crippen LogP contribution >= 0.6 is 0 Å². The number of hydrogen-bond donors (Lipinski definition) is 2. The SMILES string of the molecule is C=C(C)CN[C@H](C(=O)O)C(C)C. The van der Waals surface area contributed by atoms with Gasteiger partial charge in [0.25, 0.3) is 0 Å². The lowest BCUT2D eigenvalue weighted by atomic mass is 10.0. The lowest BCUT2D eigenvalue weighted by Gasteiger charge is -2.17. The molecule has 0 unspecified atom stereocenters. The minimum atomic E-state index is -0.800. The second-order valence-electron chi connectivity index (χ2n) is 3.40. The molecule has 0 aliphatic heterocycles. The highest BCUT2D eigenvalue weighted by molar-refractivity contribution is 5.73. The predicted molar refractivity (Wildman–Crippen MR) is 49.1 cm³/mol. The third kappa shape index (κ3) is 4.13. The van der Waals surface area contributed by atoms with Crippen molar-refractivity contribution < 1.29 is 9.90 Å². The van der Waals surface area contributed by atoms with Crippen LogP contribution in [0.1, 0.15) is 20.8 Å². The molecular formula is C9H17NO2. The van der Waals surface area contributed by atoms with E-state index in [-0.39, 0.29) is 5.92 Å². The minimum absolute atomic E-state index is 0.0989. The molecular weight excluding hydrogens is 154 g/mol. The van der Waals surface area contributed by atoms with Crippen molar-refractivity contribution in [2.24, 2.45) is 5.92 Å². The van der Waals surface area contributed by atoms with Crippen LogP contribution < -0.4 is 5.32 Å². The Labute approximate surface area is 73.5 Å². The van der Waals surface area contributed by atoms with Crippen LogP contribution in [0.5, 0.6) is 0 Å². The third-order valence-electron chi connectivity index (χ3n) is 1.56. The van der Waals surface area contributed by atoms with Gasteiger partial charge >= 0.3 is 5.97 Å². The first-order valence-electron chi connectivity index (χ1n) is 4.05. The van der Waals surface area contributed by atoms with E-state index in [1.165, 1.54) is 0 Å². The zero-order chi connectivity index (χ0) is 9.72. The number of hydrogen-bond acceptors (Lipinski definition) is 2. The molecule has 0 amide bonds. The second kappa shape index (κ2) is 4.93. The zero-order valence-electron chi connectivity index (χ0n) is 7.92. The Bertz CT molecular complexity index is 175. The van der Waals surface area contributed by atoms with Crippen LogP contribution in [-0.2, 0) is 4.79 Å². The lowest BCUT2D eigenvalue weighted by molar-refractivity contribution is -0.140. The smallest absolute Gasteiger partial charge is 0.320 e. The van der Waals surface area contributed by atoms with Gasteiger partial charge < -0.3 is 10.4 Å². The number of rotatable bonds is 5. The van der Waals surface area contributed by atoms with E-state index in [0.29, 0.717) is 6.54 Å². The van der Waals surface area contributed by atoms with E-state index < -0.39 is 12.0 Å². The summed E-state index contributed by atoms with van der Waals surface area (Å²) in [5.74, 6) is -0.701. The molecule has 0 bridgehead atoms. The zero-order valence-corrected chi connectivity index (χ0v) is 7.92. The molecule has 0 fully saturated rings. The highest BCUT2D eigenvalue weighted by Gasteiger charge is 2.19. The maximum absolute atomic E-state index is 10.7. The van der Waals surface area contributed by atoms with Gasteiger partial charge in [-0.25, -0.2) is 0 Å². The summed E-state index contributed by atoms with van der Waals surface area (Å²) in [5.41, 5.74) is 0.946.